The molecule has 86 valence electrons. The third kappa shape index (κ3) is 3.61. The first-order valence-corrected chi connectivity index (χ1v) is 5.72. The summed E-state index contributed by atoms with van der Waals surface area (Å²) in [5.74, 6) is 0.139. The monoisotopic (exact) mass is 213 g/mol. The van der Waals surface area contributed by atoms with Crippen LogP contribution in [-0.4, -0.2) is 17.8 Å². The fraction of sp³-hybridized carbons (Fsp3) is 0.909. The highest BCUT2D eigenvalue weighted by Gasteiger charge is 2.31. The van der Waals surface area contributed by atoms with E-state index in [1.807, 2.05) is 0 Å². The van der Waals surface area contributed by atoms with E-state index in [9.17, 15) is 14.9 Å². The van der Waals surface area contributed by atoms with E-state index >= 15 is 0 Å². The highest BCUT2D eigenvalue weighted by atomic mass is 16.6. The molecule has 4 nitrogen and oxygen atoms in total. The van der Waals surface area contributed by atoms with Gasteiger partial charge in [0.05, 0.1) is 0 Å². The van der Waals surface area contributed by atoms with Crippen molar-refractivity contribution in [1.82, 2.24) is 0 Å². The van der Waals surface area contributed by atoms with Crippen molar-refractivity contribution >= 4 is 6.29 Å². The van der Waals surface area contributed by atoms with Crippen LogP contribution in [0, 0.1) is 27.9 Å². The third-order valence-corrected chi connectivity index (χ3v) is 3.51. The average molecular weight is 213 g/mol. The summed E-state index contributed by atoms with van der Waals surface area (Å²) in [5.41, 5.74) is 0. The number of nitro groups is 1. The Hall–Kier alpha value is -0.930. The fourth-order valence-electron chi connectivity index (χ4n) is 2.58. The molecule has 0 aliphatic heterocycles. The van der Waals surface area contributed by atoms with Crippen molar-refractivity contribution in [2.75, 3.05) is 6.54 Å². The summed E-state index contributed by atoms with van der Waals surface area (Å²) >= 11 is 0. The van der Waals surface area contributed by atoms with Crippen LogP contribution in [0.15, 0.2) is 0 Å². The Kier molecular flexibility index (Phi) is 4.72. The first kappa shape index (κ1) is 12.1. The van der Waals surface area contributed by atoms with Crippen LogP contribution in [-0.2, 0) is 4.79 Å². The second-order valence-electron chi connectivity index (χ2n) is 4.57. The van der Waals surface area contributed by atoms with Crippen LogP contribution < -0.4 is 0 Å². The highest BCUT2D eigenvalue weighted by molar-refractivity contribution is 5.53. The zero-order chi connectivity index (χ0) is 11.3. The summed E-state index contributed by atoms with van der Waals surface area (Å²) in [6, 6.07) is 0. The Balaban J connectivity index is 2.60. The van der Waals surface area contributed by atoms with Crippen molar-refractivity contribution in [3.05, 3.63) is 10.1 Å². The van der Waals surface area contributed by atoms with Crippen LogP contribution in [0.5, 0.6) is 0 Å². The number of aldehydes is 1. The summed E-state index contributed by atoms with van der Waals surface area (Å²) in [4.78, 5) is 21.0. The number of carbonyl (C=O) groups excluding carboxylic acids is 1. The largest absolute Gasteiger partial charge is 0.303 e. The summed E-state index contributed by atoms with van der Waals surface area (Å²) in [6.45, 7) is 1.75. The van der Waals surface area contributed by atoms with Gasteiger partial charge in [-0.05, 0) is 18.8 Å². The van der Waals surface area contributed by atoms with Crippen molar-refractivity contribution in [3.8, 4) is 0 Å². The molecular formula is C11H19NO3. The molecule has 0 N–H and O–H groups in total. The van der Waals surface area contributed by atoms with E-state index in [0.717, 1.165) is 32.0 Å². The van der Waals surface area contributed by atoms with Gasteiger partial charge in [0, 0.05) is 16.8 Å². The van der Waals surface area contributed by atoms with Gasteiger partial charge >= 0.3 is 0 Å². The van der Waals surface area contributed by atoms with Gasteiger partial charge in [0.1, 0.15) is 6.29 Å². The van der Waals surface area contributed by atoms with Crippen molar-refractivity contribution in [1.29, 1.82) is 0 Å². The van der Waals surface area contributed by atoms with Crippen molar-refractivity contribution < 1.29 is 9.72 Å². The smallest absolute Gasteiger partial charge is 0.207 e. The molecule has 0 aromatic rings. The summed E-state index contributed by atoms with van der Waals surface area (Å²) in [6.07, 6.45) is 6.52. The predicted octanol–water partition coefficient (Wildman–Crippen LogP) is 2.29. The normalized spacial score (nSPS) is 21.9. The zero-order valence-corrected chi connectivity index (χ0v) is 9.22. The topological polar surface area (TPSA) is 60.2 Å². The van der Waals surface area contributed by atoms with E-state index in [2.05, 4.69) is 0 Å². The average Bonchev–Trinajstić information content (AvgIpc) is 2.26. The molecule has 1 fully saturated rings. The van der Waals surface area contributed by atoms with Gasteiger partial charge in [-0.15, -0.1) is 0 Å². The number of hydrogen-bond acceptors (Lipinski definition) is 3. The molecule has 2 atom stereocenters. The summed E-state index contributed by atoms with van der Waals surface area (Å²) in [5, 5.41) is 10.6. The molecule has 4 heteroatoms. The molecule has 0 heterocycles. The Morgan fingerprint density at radius 3 is 2.47 bits per heavy atom. The standard InChI is InChI=1S/C11H19NO3/c1-9(8-13)11(7-12(14)15)10-5-3-2-4-6-10/h8-11H,2-7H2,1H3/t9-,11?/m1/s1. The van der Waals surface area contributed by atoms with Gasteiger partial charge < -0.3 is 4.79 Å². The van der Waals surface area contributed by atoms with Crippen LogP contribution in [0.1, 0.15) is 39.0 Å². The molecule has 0 spiro atoms. The van der Waals surface area contributed by atoms with Crippen molar-refractivity contribution in [2.45, 2.75) is 39.0 Å². The second kappa shape index (κ2) is 5.83. The van der Waals surface area contributed by atoms with E-state index in [0.29, 0.717) is 5.92 Å². The van der Waals surface area contributed by atoms with Gasteiger partial charge in [-0.3, -0.25) is 10.1 Å². The lowest BCUT2D eigenvalue weighted by Gasteiger charge is -2.29. The highest BCUT2D eigenvalue weighted by Crippen LogP contribution is 2.33. The molecule has 0 amide bonds. The van der Waals surface area contributed by atoms with Crippen molar-refractivity contribution in [3.63, 3.8) is 0 Å². The molecule has 1 unspecified atom stereocenters. The maximum atomic E-state index is 10.7. The number of rotatable bonds is 5. The molecule has 0 radical (unpaired) electrons. The van der Waals surface area contributed by atoms with Gasteiger partial charge in [-0.1, -0.05) is 26.2 Å². The van der Waals surface area contributed by atoms with Crippen LogP contribution in [0.2, 0.25) is 0 Å². The first-order valence-electron chi connectivity index (χ1n) is 5.72. The van der Waals surface area contributed by atoms with Gasteiger partial charge in [0.15, 0.2) is 0 Å². The quantitative estimate of drug-likeness (QED) is 0.400. The van der Waals surface area contributed by atoms with E-state index in [-0.39, 0.29) is 23.3 Å². The Bertz CT molecular complexity index is 224. The predicted molar refractivity (Wildman–Crippen MR) is 57.2 cm³/mol. The molecule has 15 heavy (non-hydrogen) atoms. The molecule has 1 aliphatic rings. The lowest BCUT2D eigenvalue weighted by Crippen LogP contribution is -2.31. The molecular weight excluding hydrogens is 194 g/mol. The molecule has 0 aromatic heterocycles. The Morgan fingerprint density at radius 1 is 1.40 bits per heavy atom. The minimum absolute atomic E-state index is 0.0510. The molecule has 1 saturated carbocycles. The van der Waals surface area contributed by atoms with Crippen LogP contribution in [0.4, 0.5) is 0 Å². The Morgan fingerprint density at radius 2 is 2.00 bits per heavy atom. The SMILES string of the molecule is C[C@H](C=O)C(C[N+](=O)[O-])C1CCCCC1. The summed E-state index contributed by atoms with van der Waals surface area (Å²) < 4.78 is 0. The molecule has 0 bridgehead atoms. The van der Waals surface area contributed by atoms with Gasteiger partial charge in [-0.2, -0.15) is 0 Å². The third-order valence-electron chi connectivity index (χ3n) is 3.51. The minimum atomic E-state index is -0.278. The van der Waals surface area contributed by atoms with Crippen LogP contribution in [0.3, 0.4) is 0 Å². The van der Waals surface area contributed by atoms with Gasteiger partial charge in [-0.25, -0.2) is 0 Å². The zero-order valence-electron chi connectivity index (χ0n) is 9.22. The fourth-order valence-corrected chi connectivity index (χ4v) is 2.58. The second-order valence-corrected chi connectivity index (χ2v) is 4.57. The van der Waals surface area contributed by atoms with Gasteiger partial charge in [0.25, 0.3) is 0 Å². The lowest BCUT2D eigenvalue weighted by atomic mass is 9.75. The van der Waals surface area contributed by atoms with E-state index in [1.165, 1.54) is 6.42 Å². The van der Waals surface area contributed by atoms with Crippen molar-refractivity contribution in [2.24, 2.45) is 17.8 Å². The first-order chi connectivity index (χ1) is 7.15. The van der Waals surface area contributed by atoms with Crippen LogP contribution >= 0.6 is 0 Å². The Labute approximate surface area is 90.2 Å². The molecule has 1 aliphatic carbocycles. The number of carbonyl (C=O) groups is 1. The number of hydrogen-bond donors (Lipinski definition) is 0. The minimum Gasteiger partial charge on any atom is -0.303 e. The van der Waals surface area contributed by atoms with E-state index in [1.54, 1.807) is 6.92 Å². The van der Waals surface area contributed by atoms with E-state index in [4.69, 9.17) is 0 Å². The number of nitrogens with zero attached hydrogens (tertiary/aromatic N) is 1. The summed E-state index contributed by atoms with van der Waals surface area (Å²) in [7, 11) is 0. The van der Waals surface area contributed by atoms with Gasteiger partial charge in [0.2, 0.25) is 6.54 Å². The molecule has 0 saturated heterocycles. The molecule has 0 aromatic carbocycles. The maximum Gasteiger partial charge on any atom is 0.207 e. The lowest BCUT2D eigenvalue weighted by molar-refractivity contribution is -0.491. The molecule has 1 rings (SSSR count). The van der Waals surface area contributed by atoms with Crippen LogP contribution in [0.25, 0.3) is 0 Å². The van der Waals surface area contributed by atoms with E-state index < -0.39 is 0 Å². The maximum absolute atomic E-state index is 10.7.